The fraction of sp³-hybridized carbons (Fsp3) is 0.533. The predicted molar refractivity (Wildman–Crippen MR) is 76.8 cm³/mol. The predicted octanol–water partition coefficient (Wildman–Crippen LogP) is 2.10. The van der Waals surface area contributed by atoms with Gasteiger partial charge < -0.3 is 14.5 Å². The maximum absolute atomic E-state index is 5.91. The molecule has 3 heterocycles. The highest BCUT2D eigenvalue weighted by atomic mass is 16.5. The third kappa shape index (κ3) is 2.27. The zero-order valence-electron chi connectivity index (χ0n) is 11.4. The van der Waals surface area contributed by atoms with Crippen LogP contribution in [-0.4, -0.2) is 48.3 Å². The van der Waals surface area contributed by atoms with Crippen molar-refractivity contribution in [1.29, 1.82) is 0 Å². The molecule has 2 aliphatic heterocycles. The number of aromatic nitrogens is 1. The molecule has 0 spiro atoms. The lowest BCUT2D eigenvalue weighted by Gasteiger charge is -2.35. The average Bonchev–Trinajstić information content (AvgIpc) is 3.10. The molecule has 2 saturated heterocycles. The second-order valence-corrected chi connectivity index (χ2v) is 5.61. The van der Waals surface area contributed by atoms with Crippen LogP contribution in [0.15, 0.2) is 28.7 Å². The highest BCUT2D eigenvalue weighted by molar-refractivity contribution is 5.74. The molecule has 20 heavy (non-hydrogen) atoms. The number of morpholine rings is 1. The van der Waals surface area contributed by atoms with E-state index in [2.05, 4.69) is 15.2 Å². The van der Waals surface area contributed by atoms with E-state index >= 15 is 0 Å². The molecule has 106 valence electrons. The van der Waals surface area contributed by atoms with Gasteiger partial charge in [-0.15, -0.1) is 0 Å². The summed E-state index contributed by atoms with van der Waals surface area (Å²) in [6.07, 6.45) is 2.81. The summed E-state index contributed by atoms with van der Waals surface area (Å²) in [5.74, 6) is 0. The number of benzene rings is 1. The second-order valence-electron chi connectivity index (χ2n) is 5.61. The second kappa shape index (κ2) is 5.07. The van der Waals surface area contributed by atoms with E-state index in [1.807, 2.05) is 24.3 Å². The summed E-state index contributed by atoms with van der Waals surface area (Å²) in [6, 6.07) is 9.03. The maximum atomic E-state index is 5.91. The van der Waals surface area contributed by atoms with Crippen molar-refractivity contribution in [3.05, 3.63) is 24.3 Å². The number of ether oxygens (including phenoxy) is 1. The number of hydrogen-bond acceptors (Lipinski definition) is 5. The van der Waals surface area contributed by atoms with Gasteiger partial charge >= 0.3 is 0 Å². The minimum atomic E-state index is 0.222. The van der Waals surface area contributed by atoms with Gasteiger partial charge in [0.15, 0.2) is 5.58 Å². The number of nitrogens with one attached hydrogen (secondary N) is 1. The van der Waals surface area contributed by atoms with Crippen molar-refractivity contribution in [2.45, 2.75) is 25.0 Å². The van der Waals surface area contributed by atoms with E-state index in [0.29, 0.717) is 12.1 Å². The van der Waals surface area contributed by atoms with E-state index in [4.69, 9.17) is 9.15 Å². The average molecular weight is 273 g/mol. The molecule has 0 unspecified atom stereocenters. The van der Waals surface area contributed by atoms with Crippen molar-refractivity contribution >= 4 is 17.1 Å². The molecule has 0 bridgehead atoms. The van der Waals surface area contributed by atoms with Gasteiger partial charge in [0.05, 0.1) is 12.7 Å². The largest absolute Gasteiger partial charge is 0.424 e. The summed E-state index contributed by atoms with van der Waals surface area (Å²) in [5.41, 5.74) is 1.71. The number of para-hydroxylation sites is 2. The SMILES string of the molecule is c1ccc2oc(NC[C@H]3CN4CCC[C@H]4CO3)nc2c1. The Morgan fingerprint density at radius 3 is 3.25 bits per heavy atom. The van der Waals surface area contributed by atoms with Crippen molar-refractivity contribution < 1.29 is 9.15 Å². The van der Waals surface area contributed by atoms with Crippen molar-refractivity contribution in [2.75, 3.05) is 31.6 Å². The van der Waals surface area contributed by atoms with Gasteiger partial charge in [-0.2, -0.15) is 4.98 Å². The lowest BCUT2D eigenvalue weighted by atomic mass is 10.2. The van der Waals surface area contributed by atoms with Gasteiger partial charge in [0.25, 0.3) is 6.01 Å². The van der Waals surface area contributed by atoms with Gasteiger partial charge in [0, 0.05) is 19.1 Å². The van der Waals surface area contributed by atoms with E-state index in [1.54, 1.807) is 0 Å². The van der Waals surface area contributed by atoms with Gasteiger partial charge in [-0.25, -0.2) is 0 Å². The Morgan fingerprint density at radius 2 is 2.30 bits per heavy atom. The van der Waals surface area contributed by atoms with Crippen LogP contribution in [0.3, 0.4) is 0 Å². The molecule has 0 aliphatic carbocycles. The number of oxazole rings is 1. The Balaban J connectivity index is 1.38. The molecule has 1 aromatic heterocycles. The molecule has 2 fully saturated rings. The zero-order valence-corrected chi connectivity index (χ0v) is 11.4. The first-order valence-corrected chi connectivity index (χ1v) is 7.33. The van der Waals surface area contributed by atoms with Crippen LogP contribution in [0, 0.1) is 0 Å². The summed E-state index contributed by atoms with van der Waals surface area (Å²) in [6.45, 7) is 3.83. The topological polar surface area (TPSA) is 50.5 Å². The molecule has 2 aliphatic rings. The molecule has 4 rings (SSSR count). The standard InChI is InChI=1S/C15H19N3O2/c1-2-6-14-13(5-1)17-15(20-14)16-8-12-9-18-7-3-4-11(18)10-19-12/h1-2,5-6,11-12H,3-4,7-10H2,(H,16,17)/t11-,12-/m0/s1. The minimum Gasteiger partial charge on any atom is -0.424 e. The van der Waals surface area contributed by atoms with Gasteiger partial charge in [-0.1, -0.05) is 12.1 Å². The summed E-state index contributed by atoms with van der Waals surface area (Å²) in [7, 11) is 0. The maximum Gasteiger partial charge on any atom is 0.295 e. The first kappa shape index (κ1) is 12.2. The number of nitrogens with zero attached hydrogens (tertiary/aromatic N) is 2. The van der Waals surface area contributed by atoms with Gasteiger partial charge in [-0.3, -0.25) is 4.90 Å². The van der Waals surface area contributed by atoms with E-state index in [1.165, 1.54) is 19.4 Å². The Morgan fingerprint density at radius 1 is 1.35 bits per heavy atom. The highest BCUT2D eigenvalue weighted by Crippen LogP contribution is 2.23. The number of fused-ring (bicyclic) bond motifs is 2. The fourth-order valence-electron chi connectivity index (χ4n) is 3.16. The molecule has 2 atom stereocenters. The molecule has 1 N–H and O–H groups in total. The molecule has 0 amide bonds. The van der Waals surface area contributed by atoms with Gasteiger partial charge in [0.1, 0.15) is 5.52 Å². The lowest BCUT2D eigenvalue weighted by Crippen LogP contribution is -2.48. The van der Waals surface area contributed by atoms with Gasteiger partial charge in [0.2, 0.25) is 0 Å². The Hall–Kier alpha value is -1.59. The number of anilines is 1. The normalized spacial score (nSPS) is 26.8. The molecule has 0 saturated carbocycles. The smallest absolute Gasteiger partial charge is 0.295 e. The monoisotopic (exact) mass is 273 g/mol. The molecule has 1 aromatic carbocycles. The van der Waals surface area contributed by atoms with Crippen LogP contribution >= 0.6 is 0 Å². The van der Waals surface area contributed by atoms with Crippen molar-refractivity contribution in [3.63, 3.8) is 0 Å². The summed E-state index contributed by atoms with van der Waals surface area (Å²) in [4.78, 5) is 6.96. The third-order valence-corrected chi connectivity index (χ3v) is 4.24. The van der Waals surface area contributed by atoms with Crippen LogP contribution in [0.2, 0.25) is 0 Å². The van der Waals surface area contributed by atoms with Crippen LogP contribution in [0.5, 0.6) is 0 Å². The first-order valence-electron chi connectivity index (χ1n) is 7.33. The molecule has 0 radical (unpaired) electrons. The third-order valence-electron chi connectivity index (χ3n) is 4.24. The lowest BCUT2D eigenvalue weighted by molar-refractivity contribution is -0.0417. The number of hydrogen-bond donors (Lipinski definition) is 1. The quantitative estimate of drug-likeness (QED) is 0.928. The summed E-state index contributed by atoms with van der Waals surface area (Å²) < 4.78 is 11.6. The van der Waals surface area contributed by atoms with Crippen molar-refractivity contribution in [1.82, 2.24) is 9.88 Å². The Bertz CT molecular complexity index is 565. The number of rotatable bonds is 3. The Kier molecular flexibility index (Phi) is 3.09. The zero-order chi connectivity index (χ0) is 13.4. The Labute approximate surface area is 117 Å². The molecule has 5 heteroatoms. The van der Waals surface area contributed by atoms with E-state index in [9.17, 15) is 0 Å². The fourth-order valence-corrected chi connectivity index (χ4v) is 3.16. The van der Waals surface area contributed by atoms with E-state index in [-0.39, 0.29) is 6.10 Å². The van der Waals surface area contributed by atoms with Crippen LogP contribution in [0.25, 0.3) is 11.1 Å². The van der Waals surface area contributed by atoms with Gasteiger partial charge in [-0.05, 0) is 31.5 Å². The van der Waals surface area contributed by atoms with Crippen LogP contribution < -0.4 is 5.32 Å². The van der Waals surface area contributed by atoms with Crippen LogP contribution in [-0.2, 0) is 4.74 Å². The summed E-state index contributed by atoms with van der Waals surface area (Å²) in [5, 5.41) is 3.25. The molecule has 5 nitrogen and oxygen atoms in total. The molecular weight excluding hydrogens is 254 g/mol. The first-order chi connectivity index (χ1) is 9.88. The summed E-state index contributed by atoms with van der Waals surface area (Å²) >= 11 is 0. The van der Waals surface area contributed by atoms with Crippen LogP contribution in [0.1, 0.15) is 12.8 Å². The molecule has 2 aromatic rings. The van der Waals surface area contributed by atoms with Crippen molar-refractivity contribution in [2.24, 2.45) is 0 Å². The highest BCUT2D eigenvalue weighted by Gasteiger charge is 2.32. The molecular formula is C15H19N3O2. The van der Waals surface area contributed by atoms with E-state index < -0.39 is 0 Å². The van der Waals surface area contributed by atoms with Crippen LogP contribution in [0.4, 0.5) is 6.01 Å². The van der Waals surface area contributed by atoms with E-state index in [0.717, 1.165) is 30.8 Å². The minimum absolute atomic E-state index is 0.222. The van der Waals surface area contributed by atoms with Crippen molar-refractivity contribution in [3.8, 4) is 0 Å².